The first-order valence-electron chi connectivity index (χ1n) is 16.7. The lowest BCUT2D eigenvalue weighted by molar-refractivity contribution is 0.0721. The third-order valence-corrected chi connectivity index (χ3v) is 8.46. The molecule has 3 rings (SSSR count). The summed E-state index contributed by atoms with van der Waals surface area (Å²) in [6.45, 7) is 9.45. The van der Waals surface area contributed by atoms with Gasteiger partial charge in [-0.25, -0.2) is 14.8 Å². The summed E-state index contributed by atoms with van der Waals surface area (Å²) >= 11 is 0. The molecule has 3 aromatic rings. The molecule has 7 nitrogen and oxygen atoms in total. The van der Waals surface area contributed by atoms with Crippen molar-refractivity contribution in [3.05, 3.63) is 83.4 Å². The van der Waals surface area contributed by atoms with Gasteiger partial charge in [0.2, 0.25) is 5.82 Å². The number of nitrogens with zero attached hydrogens (tertiary/aromatic N) is 2. The molecule has 0 aliphatic carbocycles. The molecule has 0 amide bonds. The molecule has 1 aromatic heterocycles. The first kappa shape index (κ1) is 35.6. The van der Waals surface area contributed by atoms with Crippen LogP contribution >= 0.6 is 0 Å². The molecule has 0 saturated carbocycles. The Morgan fingerprint density at radius 2 is 1.22 bits per heavy atom. The van der Waals surface area contributed by atoms with E-state index in [2.05, 4.69) is 37.7 Å². The molecule has 7 heteroatoms. The molecule has 0 radical (unpaired) electrons. The van der Waals surface area contributed by atoms with Crippen molar-refractivity contribution in [1.82, 2.24) is 9.97 Å². The van der Waals surface area contributed by atoms with Crippen molar-refractivity contribution in [2.45, 2.75) is 105 Å². The molecule has 0 bridgehead atoms. The second kappa shape index (κ2) is 19.5. The number of ether oxygens (including phenoxy) is 2. The van der Waals surface area contributed by atoms with Gasteiger partial charge in [-0.1, -0.05) is 103 Å². The third kappa shape index (κ3) is 12.9. The van der Waals surface area contributed by atoms with E-state index in [1.165, 1.54) is 50.9 Å². The molecule has 2 unspecified atom stereocenters. The van der Waals surface area contributed by atoms with Crippen LogP contribution in [0.3, 0.4) is 0 Å². The highest BCUT2D eigenvalue weighted by Gasteiger charge is 2.14. The van der Waals surface area contributed by atoms with Crippen LogP contribution in [0.2, 0.25) is 0 Å². The number of unbranched alkanes of at least 4 members (excludes halogenated alkanes) is 5. The maximum atomic E-state index is 12.8. The average molecular weight is 615 g/mol. The first-order valence-corrected chi connectivity index (χ1v) is 16.7. The van der Waals surface area contributed by atoms with Gasteiger partial charge in [-0.3, -0.25) is 9.59 Å². The largest absolute Gasteiger partial charge is 0.490 e. The highest BCUT2D eigenvalue weighted by molar-refractivity contribution is 5.98. The second-order valence-corrected chi connectivity index (χ2v) is 12.2. The zero-order valence-electron chi connectivity index (χ0n) is 27.6. The van der Waals surface area contributed by atoms with Crippen molar-refractivity contribution in [2.75, 3.05) is 6.61 Å². The van der Waals surface area contributed by atoms with Gasteiger partial charge in [0.05, 0.1) is 19.0 Å². The highest BCUT2D eigenvalue weighted by atomic mass is 16.5. The molecule has 0 aliphatic rings. The summed E-state index contributed by atoms with van der Waals surface area (Å²) in [4.78, 5) is 46.0. The van der Waals surface area contributed by atoms with Gasteiger partial charge in [0.15, 0.2) is 17.3 Å². The van der Waals surface area contributed by atoms with E-state index in [1.807, 2.05) is 12.1 Å². The second-order valence-electron chi connectivity index (χ2n) is 12.2. The van der Waals surface area contributed by atoms with Crippen molar-refractivity contribution in [1.29, 1.82) is 0 Å². The van der Waals surface area contributed by atoms with Gasteiger partial charge in [0.1, 0.15) is 5.75 Å². The molecule has 0 aliphatic heterocycles. The molecule has 0 saturated heterocycles. The van der Waals surface area contributed by atoms with Crippen LogP contribution in [0, 0.1) is 11.8 Å². The Labute approximate surface area is 269 Å². The number of carbonyl (C=O) groups is 3. The minimum absolute atomic E-state index is 0.0679. The Hall–Kier alpha value is -3.87. The van der Waals surface area contributed by atoms with E-state index in [9.17, 15) is 14.4 Å². The molecule has 0 N–H and O–H groups in total. The van der Waals surface area contributed by atoms with E-state index >= 15 is 0 Å². The number of ketones is 2. The molecule has 2 aromatic carbocycles. The fourth-order valence-corrected chi connectivity index (χ4v) is 4.88. The maximum absolute atomic E-state index is 12.8. The van der Waals surface area contributed by atoms with Gasteiger partial charge in [-0.05, 0) is 54.5 Å². The van der Waals surface area contributed by atoms with Crippen LogP contribution < -0.4 is 9.47 Å². The van der Waals surface area contributed by atoms with Crippen molar-refractivity contribution in [3.8, 4) is 11.5 Å². The van der Waals surface area contributed by atoms with E-state index in [0.717, 1.165) is 37.2 Å². The van der Waals surface area contributed by atoms with E-state index in [-0.39, 0.29) is 23.8 Å². The van der Waals surface area contributed by atoms with Gasteiger partial charge in [-0.15, -0.1) is 0 Å². The van der Waals surface area contributed by atoms with E-state index in [4.69, 9.17) is 9.47 Å². The van der Waals surface area contributed by atoms with Crippen molar-refractivity contribution < 1.29 is 23.9 Å². The van der Waals surface area contributed by atoms with Gasteiger partial charge < -0.3 is 9.47 Å². The summed E-state index contributed by atoms with van der Waals surface area (Å²) in [5.74, 6) is 1.49. The summed E-state index contributed by atoms with van der Waals surface area (Å²) in [6.07, 6.45) is 15.5. The summed E-state index contributed by atoms with van der Waals surface area (Å²) in [6, 6.07) is 13.7. The lowest BCUT2D eigenvalue weighted by Crippen LogP contribution is -2.13. The predicted molar refractivity (Wildman–Crippen MR) is 178 cm³/mol. The van der Waals surface area contributed by atoms with Crippen LogP contribution in [0.15, 0.2) is 60.9 Å². The molecular weight excluding hydrogens is 564 g/mol. The van der Waals surface area contributed by atoms with Crippen LogP contribution in [0.25, 0.3) is 0 Å². The third-order valence-electron chi connectivity index (χ3n) is 8.46. The minimum atomic E-state index is -0.687. The van der Waals surface area contributed by atoms with Crippen LogP contribution in [0.5, 0.6) is 11.5 Å². The SMILES string of the molecule is CCC(C)CCCCCCCCOc1cnc(C(=O)Oc2ccc(C(=O)Cc3ccc(C(=O)CCC(C)CC)cc3)cc2)nc1. The quantitative estimate of drug-likeness (QED) is 0.0511. The van der Waals surface area contributed by atoms with E-state index in [0.29, 0.717) is 41.6 Å². The number of benzene rings is 2. The van der Waals surface area contributed by atoms with Crippen molar-refractivity contribution in [2.24, 2.45) is 11.8 Å². The minimum Gasteiger partial charge on any atom is -0.490 e. The highest BCUT2D eigenvalue weighted by Crippen LogP contribution is 2.18. The topological polar surface area (TPSA) is 95.5 Å². The number of aromatic nitrogens is 2. The average Bonchev–Trinajstić information content (AvgIpc) is 3.06. The first-order chi connectivity index (χ1) is 21.8. The zero-order valence-corrected chi connectivity index (χ0v) is 27.6. The fraction of sp³-hybridized carbons (Fsp3) is 0.500. The van der Waals surface area contributed by atoms with Gasteiger partial charge in [0, 0.05) is 24.0 Å². The standard InChI is InChI=1S/C38H50N2O5/c1-5-28(3)13-11-9-7-8-10-12-24-44-34-26-39-37(40-27-34)38(43)45-33-21-19-32(20-22-33)36(42)25-30-15-17-31(18-16-30)35(41)23-14-29(4)6-2/h15-22,26-29H,5-14,23-25H2,1-4H3. The number of hydrogen-bond acceptors (Lipinski definition) is 7. The van der Waals surface area contributed by atoms with Gasteiger partial charge in [0.25, 0.3) is 0 Å². The summed E-state index contributed by atoms with van der Waals surface area (Å²) in [5, 5.41) is 0. The Morgan fingerprint density at radius 1 is 0.667 bits per heavy atom. The number of Topliss-reactive ketones (excluding diaryl/α,β-unsaturated/α-hetero) is 2. The Kier molecular flexibility index (Phi) is 15.4. The van der Waals surface area contributed by atoms with Crippen molar-refractivity contribution >= 4 is 17.5 Å². The molecule has 242 valence electrons. The lowest BCUT2D eigenvalue weighted by Gasteiger charge is -2.08. The monoisotopic (exact) mass is 614 g/mol. The summed E-state index contributed by atoms with van der Waals surface area (Å²) in [7, 11) is 0. The Morgan fingerprint density at radius 3 is 1.87 bits per heavy atom. The zero-order chi connectivity index (χ0) is 32.4. The lowest BCUT2D eigenvalue weighted by atomic mass is 9.97. The molecule has 1 heterocycles. The smallest absolute Gasteiger partial charge is 0.381 e. The maximum Gasteiger partial charge on any atom is 0.381 e. The molecule has 2 atom stereocenters. The Bertz CT molecular complexity index is 1320. The van der Waals surface area contributed by atoms with Gasteiger partial charge in [-0.2, -0.15) is 0 Å². The van der Waals surface area contributed by atoms with Crippen LogP contribution in [-0.2, 0) is 6.42 Å². The number of carbonyl (C=O) groups excluding carboxylic acids is 3. The number of esters is 1. The fourth-order valence-electron chi connectivity index (χ4n) is 4.88. The van der Waals surface area contributed by atoms with Crippen LogP contribution in [-0.4, -0.2) is 34.1 Å². The number of rotatable bonds is 21. The van der Waals surface area contributed by atoms with Crippen LogP contribution in [0.1, 0.15) is 135 Å². The normalized spacial score (nSPS) is 12.4. The van der Waals surface area contributed by atoms with Gasteiger partial charge >= 0.3 is 5.97 Å². The Balaban J connectivity index is 1.37. The van der Waals surface area contributed by atoms with Crippen LogP contribution in [0.4, 0.5) is 0 Å². The number of hydrogen-bond donors (Lipinski definition) is 0. The van der Waals surface area contributed by atoms with E-state index < -0.39 is 5.97 Å². The molecule has 0 fully saturated rings. The van der Waals surface area contributed by atoms with E-state index in [1.54, 1.807) is 36.4 Å². The molecular formula is C38H50N2O5. The predicted octanol–water partition coefficient (Wildman–Crippen LogP) is 9.29. The summed E-state index contributed by atoms with van der Waals surface area (Å²) in [5.41, 5.74) is 2.01. The van der Waals surface area contributed by atoms with Crippen molar-refractivity contribution in [3.63, 3.8) is 0 Å². The molecule has 0 spiro atoms. The summed E-state index contributed by atoms with van der Waals surface area (Å²) < 4.78 is 11.1. The molecule has 45 heavy (non-hydrogen) atoms.